The Bertz CT molecular complexity index is 1020. The number of nitrogens with zero attached hydrogens (tertiary/aromatic N) is 2. The molecule has 13 heteroatoms. The fraction of sp³-hybridized carbons (Fsp3) is 0.692. The van der Waals surface area contributed by atoms with Gasteiger partial charge >= 0.3 is 18.3 Å². The van der Waals surface area contributed by atoms with E-state index < -0.39 is 54.5 Å². The Morgan fingerprint density at radius 2 is 1.87 bits per heavy atom. The van der Waals surface area contributed by atoms with Gasteiger partial charge in [-0.3, -0.25) is 4.79 Å². The number of ether oxygens (including phenoxy) is 2. The fourth-order valence-corrected chi connectivity index (χ4v) is 4.91. The molecule has 10 nitrogen and oxygen atoms in total. The molecule has 3 N–H and O–H groups in total. The van der Waals surface area contributed by atoms with Crippen molar-refractivity contribution in [2.24, 2.45) is 11.8 Å². The highest BCUT2D eigenvalue weighted by atomic mass is 19.4. The molecule has 1 aliphatic heterocycles. The molecule has 1 saturated heterocycles. The number of urea groups is 1. The monoisotopic (exact) mass is 557 g/mol. The maximum atomic E-state index is 13.4. The number of aromatic nitrogens is 1. The number of amides is 4. The molecular weight excluding hydrogens is 519 g/mol. The van der Waals surface area contributed by atoms with Gasteiger partial charge in [0.1, 0.15) is 23.5 Å². The van der Waals surface area contributed by atoms with Crippen LogP contribution in [0, 0.1) is 11.8 Å². The molecule has 0 aromatic carbocycles. The van der Waals surface area contributed by atoms with E-state index in [0.717, 1.165) is 30.6 Å². The standard InChI is InChI=1S/C26H38F3N5O5/c1-15-6-8-16(9-7-15)21(33-24(37)39-25(2,3)4)22(35)32-20-12-17(10-11-30-20)18(14-38-5)34-13-19(26(27,28)29)31-23(34)36/h10-12,15-16,18-19,21H,6-9,13-14H2,1-5H3,(H,31,36)(H,33,37)(H,30,32,35)/t15?,16?,18?,19-,21?/m0/s1. The maximum Gasteiger partial charge on any atom is 0.410 e. The minimum Gasteiger partial charge on any atom is -0.444 e. The SMILES string of the molecule is COCC(c1ccnc(NC(=O)C(NC(=O)OC(C)(C)C)C2CCC(C)CC2)c1)N1C[C@@H](C(F)(F)F)NC1=O. The smallest absolute Gasteiger partial charge is 0.410 e. The number of carbonyl (C=O) groups is 3. The van der Waals surface area contributed by atoms with E-state index in [1.807, 2.05) is 5.32 Å². The number of alkyl carbamates (subject to hydrolysis) is 1. The predicted octanol–water partition coefficient (Wildman–Crippen LogP) is 4.38. The van der Waals surface area contributed by atoms with Crippen molar-refractivity contribution in [3.05, 3.63) is 23.9 Å². The van der Waals surface area contributed by atoms with Gasteiger partial charge in [0.25, 0.3) is 0 Å². The highest BCUT2D eigenvalue weighted by molar-refractivity contribution is 5.96. The fourth-order valence-electron chi connectivity index (χ4n) is 4.91. The summed E-state index contributed by atoms with van der Waals surface area (Å²) < 4.78 is 50.3. The summed E-state index contributed by atoms with van der Waals surface area (Å²) in [5.41, 5.74) is -0.311. The number of nitrogens with one attached hydrogen (secondary N) is 3. The third-order valence-electron chi connectivity index (χ3n) is 6.94. The number of anilines is 1. The van der Waals surface area contributed by atoms with Gasteiger partial charge in [-0.1, -0.05) is 19.8 Å². The summed E-state index contributed by atoms with van der Waals surface area (Å²) in [5, 5.41) is 7.40. The van der Waals surface area contributed by atoms with Gasteiger partial charge in [-0.15, -0.1) is 0 Å². The zero-order valence-electron chi connectivity index (χ0n) is 22.9. The zero-order valence-corrected chi connectivity index (χ0v) is 22.9. The van der Waals surface area contributed by atoms with Crippen molar-refractivity contribution in [1.82, 2.24) is 20.5 Å². The zero-order chi connectivity index (χ0) is 29.0. The first kappa shape index (κ1) is 30.5. The Morgan fingerprint density at radius 1 is 1.21 bits per heavy atom. The van der Waals surface area contributed by atoms with E-state index in [0.29, 0.717) is 11.5 Å². The molecule has 39 heavy (non-hydrogen) atoms. The molecule has 218 valence electrons. The molecule has 2 heterocycles. The first-order valence-electron chi connectivity index (χ1n) is 13.1. The number of carbonyl (C=O) groups excluding carboxylic acids is 3. The first-order chi connectivity index (χ1) is 18.2. The molecule has 2 aliphatic rings. The molecule has 1 aromatic heterocycles. The van der Waals surface area contributed by atoms with E-state index in [1.54, 1.807) is 26.8 Å². The van der Waals surface area contributed by atoms with Crippen molar-refractivity contribution >= 4 is 23.8 Å². The first-order valence-corrected chi connectivity index (χ1v) is 13.1. The van der Waals surface area contributed by atoms with Crippen molar-refractivity contribution in [2.75, 3.05) is 25.6 Å². The molecule has 0 spiro atoms. The summed E-state index contributed by atoms with van der Waals surface area (Å²) in [6, 6.07) is -1.55. The van der Waals surface area contributed by atoms with E-state index in [-0.39, 0.29) is 18.3 Å². The van der Waals surface area contributed by atoms with Crippen LogP contribution in [0.3, 0.4) is 0 Å². The van der Waals surface area contributed by atoms with Crippen LogP contribution in [0.15, 0.2) is 18.3 Å². The van der Waals surface area contributed by atoms with Gasteiger partial charge in [0.05, 0.1) is 19.2 Å². The molecule has 2 unspecified atom stereocenters. The van der Waals surface area contributed by atoms with Gasteiger partial charge in [-0.2, -0.15) is 13.2 Å². The average molecular weight is 558 g/mol. The van der Waals surface area contributed by atoms with Gasteiger partial charge in [-0.25, -0.2) is 14.6 Å². The minimum absolute atomic E-state index is 0.0710. The lowest BCUT2D eigenvalue weighted by Gasteiger charge is -2.33. The second kappa shape index (κ2) is 12.4. The predicted molar refractivity (Wildman–Crippen MR) is 137 cm³/mol. The largest absolute Gasteiger partial charge is 0.444 e. The van der Waals surface area contributed by atoms with Gasteiger partial charge in [0.15, 0.2) is 0 Å². The topological polar surface area (TPSA) is 122 Å². The van der Waals surface area contributed by atoms with Crippen molar-refractivity contribution in [3.63, 3.8) is 0 Å². The molecule has 4 amide bonds. The van der Waals surface area contributed by atoms with Crippen molar-refractivity contribution in [3.8, 4) is 0 Å². The highest BCUT2D eigenvalue weighted by Crippen LogP contribution is 2.32. The van der Waals surface area contributed by atoms with Crippen LogP contribution in [-0.2, 0) is 14.3 Å². The highest BCUT2D eigenvalue weighted by Gasteiger charge is 2.48. The van der Waals surface area contributed by atoms with Crippen LogP contribution >= 0.6 is 0 Å². The normalized spacial score (nSPS) is 23.5. The molecule has 3 rings (SSSR count). The third-order valence-corrected chi connectivity index (χ3v) is 6.94. The number of hydrogen-bond donors (Lipinski definition) is 3. The molecule has 1 saturated carbocycles. The molecule has 2 fully saturated rings. The van der Waals surface area contributed by atoms with Crippen LogP contribution in [-0.4, -0.2) is 72.0 Å². The van der Waals surface area contributed by atoms with Crippen LogP contribution in [0.4, 0.5) is 28.6 Å². The minimum atomic E-state index is -4.59. The molecule has 1 aromatic rings. The van der Waals surface area contributed by atoms with E-state index in [4.69, 9.17) is 9.47 Å². The molecule has 3 atom stereocenters. The molecule has 0 radical (unpaired) electrons. The van der Waals surface area contributed by atoms with Gasteiger partial charge in [-0.05, 0) is 63.1 Å². The number of halogens is 3. The average Bonchev–Trinajstić information content (AvgIpc) is 3.22. The van der Waals surface area contributed by atoms with E-state index >= 15 is 0 Å². The molecular formula is C26H38F3N5O5. The van der Waals surface area contributed by atoms with Crippen molar-refractivity contribution in [2.45, 2.75) is 83.3 Å². The summed E-state index contributed by atoms with van der Waals surface area (Å²) in [7, 11) is 1.38. The number of hydrogen-bond acceptors (Lipinski definition) is 6. The number of alkyl halides is 3. The van der Waals surface area contributed by atoms with E-state index in [1.165, 1.54) is 19.4 Å². The van der Waals surface area contributed by atoms with E-state index in [2.05, 4.69) is 22.5 Å². The number of methoxy groups -OCH3 is 1. The Morgan fingerprint density at radius 3 is 2.44 bits per heavy atom. The molecule has 1 aliphatic carbocycles. The third kappa shape index (κ3) is 8.45. The van der Waals surface area contributed by atoms with Crippen LogP contribution < -0.4 is 16.0 Å². The number of rotatable bonds is 8. The summed E-state index contributed by atoms with van der Waals surface area (Å²) in [5.74, 6) is 0.0724. The van der Waals surface area contributed by atoms with Gasteiger partial charge in [0, 0.05) is 13.3 Å². The summed E-state index contributed by atoms with van der Waals surface area (Å²) >= 11 is 0. The molecule has 0 bridgehead atoms. The van der Waals surface area contributed by atoms with Crippen molar-refractivity contribution < 1.29 is 37.0 Å². The summed E-state index contributed by atoms with van der Waals surface area (Å²) in [4.78, 5) is 43.6. The lowest BCUT2D eigenvalue weighted by Crippen LogP contribution is -2.50. The lowest BCUT2D eigenvalue weighted by molar-refractivity contribution is -0.150. The van der Waals surface area contributed by atoms with Crippen molar-refractivity contribution in [1.29, 1.82) is 0 Å². The Labute approximate surface area is 226 Å². The quantitative estimate of drug-likeness (QED) is 0.436. The number of pyridine rings is 1. The van der Waals surface area contributed by atoms with Crippen LogP contribution in [0.5, 0.6) is 0 Å². The van der Waals surface area contributed by atoms with Crippen LogP contribution in [0.1, 0.15) is 65.0 Å². The van der Waals surface area contributed by atoms with Gasteiger partial charge < -0.3 is 30.3 Å². The van der Waals surface area contributed by atoms with Crippen LogP contribution in [0.25, 0.3) is 0 Å². The van der Waals surface area contributed by atoms with Crippen LogP contribution in [0.2, 0.25) is 0 Å². The van der Waals surface area contributed by atoms with E-state index in [9.17, 15) is 27.6 Å². The Balaban J connectivity index is 1.79. The second-order valence-corrected chi connectivity index (χ2v) is 11.3. The summed E-state index contributed by atoms with van der Waals surface area (Å²) in [6.07, 6.45) is -0.552. The Kier molecular flexibility index (Phi) is 9.68. The Hall–Kier alpha value is -3.09. The second-order valence-electron chi connectivity index (χ2n) is 11.3. The van der Waals surface area contributed by atoms with Gasteiger partial charge in [0.2, 0.25) is 5.91 Å². The lowest BCUT2D eigenvalue weighted by atomic mass is 9.79. The maximum absolute atomic E-state index is 13.4. The summed E-state index contributed by atoms with van der Waals surface area (Å²) in [6.45, 7) is 6.69.